The van der Waals surface area contributed by atoms with Gasteiger partial charge in [0.15, 0.2) is 0 Å². The molecule has 0 aliphatic heterocycles. The summed E-state index contributed by atoms with van der Waals surface area (Å²) in [6.07, 6.45) is 2.92. The molecule has 6 heteroatoms. The smallest absolute Gasteiger partial charge is 0.312 e. The average molecular weight is 320 g/mol. The molecule has 0 saturated carbocycles. The van der Waals surface area contributed by atoms with Crippen LogP contribution >= 0.6 is 28.6 Å². The van der Waals surface area contributed by atoms with Gasteiger partial charge in [-0.3, -0.25) is 10.1 Å². The summed E-state index contributed by atoms with van der Waals surface area (Å²) in [5, 5.41) is 10.8. The van der Waals surface area contributed by atoms with E-state index in [9.17, 15) is 10.1 Å². The second kappa shape index (κ2) is 7.55. The van der Waals surface area contributed by atoms with Gasteiger partial charge < -0.3 is 4.74 Å². The third-order valence-electron chi connectivity index (χ3n) is 2.19. The second-order valence-corrected chi connectivity index (χ2v) is 4.78. The van der Waals surface area contributed by atoms with E-state index in [2.05, 4.69) is 28.6 Å². The first kappa shape index (κ1) is 14.3. The van der Waals surface area contributed by atoms with E-state index < -0.39 is 4.92 Å². The summed E-state index contributed by atoms with van der Waals surface area (Å²) in [4.78, 5) is 10.4. The van der Waals surface area contributed by atoms with E-state index in [1.54, 1.807) is 12.1 Å². The zero-order valence-electron chi connectivity index (χ0n) is 9.26. The van der Waals surface area contributed by atoms with Crippen LogP contribution < -0.4 is 4.74 Å². The van der Waals surface area contributed by atoms with Gasteiger partial charge in [0.1, 0.15) is 0 Å². The van der Waals surface area contributed by atoms with E-state index in [1.165, 1.54) is 6.07 Å². The Bertz CT molecular complexity index is 387. The Morgan fingerprint density at radius 3 is 2.76 bits per heavy atom. The Hall–Kier alpha value is -0.750. The molecule has 0 aromatic heterocycles. The summed E-state index contributed by atoms with van der Waals surface area (Å²) >= 11 is 7.37. The summed E-state index contributed by atoms with van der Waals surface area (Å²) in [5.41, 5.74) is -0.00595. The maximum Gasteiger partial charge on any atom is 0.312 e. The van der Waals surface area contributed by atoms with Crippen molar-refractivity contribution in [2.75, 3.05) is 12.4 Å². The van der Waals surface area contributed by atoms with Gasteiger partial charge in [0, 0.05) is 6.07 Å². The Kier molecular flexibility index (Phi) is 6.36. The monoisotopic (exact) mass is 319 g/mol. The lowest BCUT2D eigenvalue weighted by atomic mass is 10.2. The molecule has 0 atom stereocenters. The van der Waals surface area contributed by atoms with Gasteiger partial charge in [-0.25, -0.2) is 0 Å². The SMILES string of the molecule is O=[N+]([O-])c1cccc(Br)c1OCCCCCS. The molecule has 1 aromatic carbocycles. The van der Waals surface area contributed by atoms with Gasteiger partial charge in [0.05, 0.1) is 16.0 Å². The van der Waals surface area contributed by atoms with Crippen molar-refractivity contribution >= 4 is 34.2 Å². The van der Waals surface area contributed by atoms with Gasteiger partial charge >= 0.3 is 5.69 Å². The molecular weight excluding hydrogens is 306 g/mol. The number of unbranched alkanes of at least 4 members (excludes halogenated alkanes) is 2. The summed E-state index contributed by atoms with van der Waals surface area (Å²) in [7, 11) is 0. The van der Waals surface area contributed by atoms with Crippen molar-refractivity contribution in [3.63, 3.8) is 0 Å². The number of hydrogen-bond donors (Lipinski definition) is 1. The molecule has 0 spiro atoms. The number of nitro benzene ring substituents is 1. The van der Waals surface area contributed by atoms with Gasteiger partial charge in [0.25, 0.3) is 0 Å². The first-order valence-corrected chi connectivity index (χ1v) is 6.76. The van der Waals surface area contributed by atoms with Crippen molar-refractivity contribution < 1.29 is 9.66 Å². The van der Waals surface area contributed by atoms with Crippen LogP contribution in [-0.2, 0) is 0 Å². The highest BCUT2D eigenvalue weighted by Gasteiger charge is 2.17. The minimum atomic E-state index is -0.437. The Morgan fingerprint density at radius 2 is 2.12 bits per heavy atom. The summed E-state index contributed by atoms with van der Waals surface area (Å²) in [5.74, 6) is 1.17. The molecule has 0 fully saturated rings. The highest BCUT2D eigenvalue weighted by atomic mass is 79.9. The number of nitro groups is 1. The topological polar surface area (TPSA) is 52.4 Å². The van der Waals surface area contributed by atoms with E-state index in [4.69, 9.17) is 4.74 Å². The maximum absolute atomic E-state index is 10.8. The van der Waals surface area contributed by atoms with Crippen LogP contribution in [0.25, 0.3) is 0 Å². The van der Waals surface area contributed by atoms with Crippen molar-refractivity contribution in [2.24, 2.45) is 0 Å². The van der Waals surface area contributed by atoms with Crippen molar-refractivity contribution in [1.82, 2.24) is 0 Å². The minimum absolute atomic E-state index is 0.00595. The predicted molar refractivity (Wildman–Crippen MR) is 74.0 cm³/mol. The number of ether oxygens (including phenoxy) is 1. The van der Waals surface area contributed by atoms with Gasteiger partial charge in [-0.1, -0.05) is 6.07 Å². The minimum Gasteiger partial charge on any atom is -0.486 e. The molecule has 17 heavy (non-hydrogen) atoms. The van der Waals surface area contributed by atoms with Gasteiger partial charge in [-0.05, 0) is 47.0 Å². The van der Waals surface area contributed by atoms with Gasteiger partial charge in [0.2, 0.25) is 5.75 Å². The van der Waals surface area contributed by atoms with Crippen LogP contribution in [0.3, 0.4) is 0 Å². The number of para-hydroxylation sites is 1. The second-order valence-electron chi connectivity index (χ2n) is 3.48. The van der Waals surface area contributed by atoms with Crippen LogP contribution in [0.15, 0.2) is 22.7 Å². The number of thiol groups is 1. The van der Waals surface area contributed by atoms with Crippen LogP contribution in [-0.4, -0.2) is 17.3 Å². The zero-order chi connectivity index (χ0) is 12.7. The number of benzene rings is 1. The Morgan fingerprint density at radius 1 is 1.35 bits per heavy atom. The molecule has 94 valence electrons. The van der Waals surface area contributed by atoms with E-state index in [0.717, 1.165) is 25.0 Å². The van der Waals surface area contributed by atoms with E-state index in [1.807, 2.05) is 0 Å². The van der Waals surface area contributed by atoms with Gasteiger partial charge in [-0.2, -0.15) is 12.6 Å². The molecule has 0 saturated heterocycles. The molecular formula is C11H14BrNO3S. The quantitative estimate of drug-likeness (QED) is 0.359. The Balaban J connectivity index is 2.60. The van der Waals surface area contributed by atoms with Crippen molar-refractivity contribution in [1.29, 1.82) is 0 Å². The maximum atomic E-state index is 10.8. The van der Waals surface area contributed by atoms with Crippen LogP contribution in [0.5, 0.6) is 5.75 Å². The lowest BCUT2D eigenvalue weighted by Gasteiger charge is -2.08. The molecule has 0 amide bonds. The molecule has 1 rings (SSSR count). The predicted octanol–water partition coefficient (Wildman–Crippen LogP) is 3.84. The van der Waals surface area contributed by atoms with Gasteiger partial charge in [-0.15, -0.1) is 0 Å². The van der Waals surface area contributed by atoms with Crippen molar-refractivity contribution in [2.45, 2.75) is 19.3 Å². The largest absolute Gasteiger partial charge is 0.486 e. The van der Waals surface area contributed by atoms with Crippen molar-refractivity contribution in [3.05, 3.63) is 32.8 Å². The lowest BCUT2D eigenvalue weighted by molar-refractivity contribution is -0.386. The molecule has 1 aromatic rings. The molecule has 0 bridgehead atoms. The highest BCUT2D eigenvalue weighted by molar-refractivity contribution is 9.10. The summed E-state index contributed by atoms with van der Waals surface area (Å²) < 4.78 is 6.07. The Labute approximate surface area is 114 Å². The molecule has 4 nitrogen and oxygen atoms in total. The van der Waals surface area contributed by atoms with Crippen molar-refractivity contribution in [3.8, 4) is 5.75 Å². The fourth-order valence-electron chi connectivity index (χ4n) is 1.35. The number of rotatable bonds is 7. The van der Waals surface area contributed by atoms with E-state index in [0.29, 0.717) is 16.8 Å². The number of halogens is 1. The fourth-order valence-corrected chi connectivity index (χ4v) is 2.04. The summed E-state index contributed by atoms with van der Waals surface area (Å²) in [6.45, 7) is 0.483. The van der Waals surface area contributed by atoms with E-state index in [-0.39, 0.29) is 5.69 Å². The zero-order valence-corrected chi connectivity index (χ0v) is 11.7. The molecule has 0 N–H and O–H groups in total. The molecule has 0 aliphatic rings. The first-order valence-electron chi connectivity index (χ1n) is 5.33. The van der Waals surface area contributed by atoms with Crippen LogP contribution in [0.2, 0.25) is 0 Å². The number of hydrogen-bond acceptors (Lipinski definition) is 4. The highest BCUT2D eigenvalue weighted by Crippen LogP contribution is 2.34. The molecule has 0 radical (unpaired) electrons. The normalized spacial score (nSPS) is 10.2. The molecule has 0 unspecified atom stereocenters. The molecule has 0 aliphatic carbocycles. The third-order valence-corrected chi connectivity index (χ3v) is 3.13. The lowest BCUT2D eigenvalue weighted by Crippen LogP contribution is -2.01. The fraction of sp³-hybridized carbons (Fsp3) is 0.455. The van der Waals surface area contributed by atoms with Crippen LogP contribution in [0.4, 0.5) is 5.69 Å². The summed E-state index contributed by atoms with van der Waals surface area (Å²) in [6, 6.07) is 4.79. The van der Waals surface area contributed by atoms with E-state index >= 15 is 0 Å². The van der Waals surface area contributed by atoms with Crippen LogP contribution in [0, 0.1) is 10.1 Å². The first-order chi connectivity index (χ1) is 8.16. The number of nitrogens with zero attached hydrogens (tertiary/aromatic N) is 1. The third kappa shape index (κ3) is 4.55. The standard InChI is InChI=1S/C11H14BrNO3S/c12-9-5-4-6-10(13(14)15)11(9)16-7-2-1-3-8-17/h4-6,17H,1-3,7-8H2. The molecule has 0 heterocycles. The average Bonchev–Trinajstić information content (AvgIpc) is 2.30. The van der Waals surface area contributed by atoms with Crippen LogP contribution in [0.1, 0.15) is 19.3 Å².